The minimum atomic E-state index is -1.10. The lowest BCUT2D eigenvalue weighted by molar-refractivity contribution is 0.209. The van der Waals surface area contributed by atoms with E-state index >= 15 is 0 Å². The standard InChI is InChI=1S/C23H25NO4/c1-23(2,3)20-13-17(24-22(25)26)12-19(21(20)28-5)16-7-6-15-11-18(27-4)9-8-14(15)10-16/h6-13,24H,1-5H3,(H,25,26). The van der Waals surface area contributed by atoms with Crippen LogP contribution < -0.4 is 14.8 Å². The molecule has 0 radical (unpaired) electrons. The molecule has 5 nitrogen and oxygen atoms in total. The molecule has 146 valence electrons. The van der Waals surface area contributed by atoms with Crippen LogP contribution >= 0.6 is 0 Å². The maximum Gasteiger partial charge on any atom is 0.409 e. The highest BCUT2D eigenvalue weighted by atomic mass is 16.5. The van der Waals surface area contributed by atoms with Gasteiger partial charge in [0.1, 0.15) is 11.5 Å². The van der Waals surface area contributed by atoms with E-state index in [2.05, 4.69) is 32.2 Å². The summed E-state index contributed by atoms with van der Waals surface area (Å²) in [5, 5.41) is 13.8. The van der Waals surface area contributed by atoms with Crippen LogP contribution in [0.3, 0.4) is 0 Å². The van der Waals surface area contributed by atoms with E-state index in [9.17, 15) is 9.90 Å². The molecule has 28 heavy (non-hydrogen) atoms. The van der Waals surface area contributed by atoms with E-state index < -0.39 is 6.09 Å². The van der Waals surface area contributed by atoms with Gasteiger partial charge in [-0.1, -0.05) is 39.0 Å². The van der Waals surface area contributed by atoms with Crippen molar-refractivity contribution in [2.24, 2.45) is 0 Å². The summed E-state index contributed by atoms with van der Waals surface area (Å²) in [5.41, 5.74) is 3.03. The summed E-state index contributed by atoms with van der Waals surface area (Å²) in [7, 11) is 3.29. The van der Waals surface area contributed by atoms with E-state index in [1.54, 1.807) is 14.2 Å². The summed E-state index contributed by atoms with van der Waals surface area (Å²) < 4.78 is 11.1. The fourth-order valence-corrected chi connectivity index (χ4v) is 3.33. The first-order valence-corrected chi connectivity index (χ1v) is 9.03. The van der Waals surface area contributed by atoms with Crippen LogP contribution in [0.2, 0.25) is 0 Å². The second kappa shape index (κ2) is 7.43. The van der Waals surface area contributed by atoms with Gasteiger partial charge in [-0.05, 0) is 52.1 Å². The third kappa shape index (κ3) is 3.88. The van der Waals surface area contributed by atoms with E-state index in [0.717, 1.165) is 39.0 Å². The zero-order valence-electron chi connectivity index (χ0n) is 16.8. The number of nitrogens with one attached hydrogen (secondary N) is 1. The minimum absolute atomic E-state index is 0.222. The van der Waals surface area contributed by atoms with Crippen molar-refractivity contribution in [3.8, 4) is 22.6 Å². The van der Waals surface area contributed by atoms with E-state index in [4.69, 9.17) is 9.47 Å². The van der Waals surface area contributed by atoms with Gasteiger partial charge in [0, 0.05) is 16.8 Å². The van der Waals surface area contributed by atoms with Crippen LogP contribution in [0.25, 0.3) is 21.9 Å². The van der Waals surface area contributed by atoms with Gasteiger partial charge in [-0.3, -0.25) is 5.32 Å². The first-order valence-electron chi connectivity index (χ1n) is 9.03. The molecule has 0 bridgehead atoms. The number of anilines is 1. The minimum Gasteiger partial charge on any atom is -0.497 e. The van der Waals surface area contributed by atoms with Crippen LogP contribution in [0, 0.1) is 0 Å². The van der Waals surface area contributed by atoms with Crippen molar-refractivity contribution in [2.75, 3.05) is 19.5 Å². The van der Waals surface area contributed by atoms with Crippen molar-refractivity contribution >= 4 is 22.6 Å². The summed E-state index contributed by atoms with van der Waals surface area (Å²) >= 11 is 0. The van der Waals surface area contributed by atoms with Crippen LogP contribution in [0.4, 0.5) is 10.5 Å². The molecule has 0 aromatic heterocycles. The molecule has 3 aromatic carbocycles. The summed E-state index contributed by atoms with van der Waals surface area (Å²) in [4.78, 5) is 11.2. The molecule has 2 N–H and O–H groups in total. The third-order valence-corrected chi connectivity index (χ3v) is 4.71. The molecule has 0 aliphatic carbocycles. The molecule has 0 saturated carbocycles. The number of hydrogen-bond acceptors (Lipinski definition) is 3. The Labute approximate surface area is 164 Å². The summed E-state index contributed by atoms with van der Waals surface area (Å²) in [6.07, 6.45) is -1.10. The molecule has 3 rings (SSSR count). The molecule has 0 heterocycles. The van der Waals surface area contributed by atoms with E-state index in [0.29, 0.717) is 5.69 Å². The van der Waals surface area contributed by atoms with E-state index in [1.807, 2.05) is 42.5 Å². The molecular weight excluding hydrogens is 354 g/mol. The van der Waals surface area contributed by atoms with E-state index in [-0.39, 0.29) is 5.41 Å². The monoisotopic (exact) mass is 379 g/mol. The Balaban J connectivity index is 2.23. The first kappa shape index (κ1) is 19.5. The Morgan fingerprint density at radius 3 is 2.21 bits per heavy atom. The molecule has 0 aliphatic rings. The number of carbonyl (C=O) groups is 1. The van der Waals surface area contributed by atoms with Crippen molar-refractivity contribution in [2.45, 2.75) is 26.2 Å². The second-order valence-electron chi connectivity index (χ2n) is 7.71. The number of rotatable bonds is 4. The van der Waals surface area contributed by atoms with Crippen LogP contribution in [0.5, 0.6) is 11.5 Å². The Hall–Kier alpha value is -3.21. The molecule has 0 unspecified atom stereocenters. The lowest BCUT2D eigenvalue weighted by Gasteiger charge is -2.25. The molecular formula is C23H25NO4. The van der Waals surface area contributed by atoms with Crippen molar-refractivity contribution < 1.29 is 19.4 Å². The largest absolute Gasteiger partial charge is 0.497 e. The van der Waals surface area contributed by atoms with Gasteiger partial charge in [0.25, 0.3) is 0 Å². The normalized spacial score (nSPS) is 11.3. The quantitative estimate of drug-likeness (QED) is 0.591. The van der Waals surface area contributed by atoms with Crippen molar-refractivity contribution in [1.29, 1.82) is 0 Å². The third-order valence-electron chi connectivity index (χ3n) is 4.71. The van der Waals surface area contributed by atoms with Gasteiger partial charge < -0.3 is 14.6 Å². The highest BCUT2D eigenvalue weighted by molar-refractivity contribution is 5.91. The Kier molecular flexibility index (Phi) is 5.18. The van der Waals surface area contributed by atoms with Crippen molar-refractivity contribution in [3.63, 3.8) is 0 Å². The summed E-state index contributed by atoms with van der Waals surface area (Å²) in [6, 6.07) is 15.7. The zero-order chi connectivity index (χ0) is 20.5. The van der Waals surface area contributed by atoms with Crippen LogP contribution in [-0.2, 0) is 5.41 Å². The predicted molar refractivity (Wildman–Crippen MR) is 113 cm³/mol. The summed E-state index contributed by atoms with van der Waals surface area (Å²) in [5.74, 6) is 1.55. The van der Waals surface area contributed by atoms with Crippen LogP contribution in [-0.4, -0.2) is 25.4 Å². The van der Waals surface area contributed by atoms with Crippen LogP contribution in [0.15, 0.2) is 48.5 Å². The number of hydrogen-bond donors (Lipinski definition) is 2. The van der Waals surface area contributed by atoms with Crippen LogP contribution in [0.1, 0.15) is 26.3 Å². The second-order valence-corrected chi connectivity index (χ2v) is 7.71. The van der Waals surface area contributed by atoms with Crippen molar-refractivity contribution in [1.82, 2.24) is 0 Å². The fraction of sp³-hybridized carbons (Fsp3) is 0.261. The van der Waals surface area contributed by atoms with Gasteiger partial charge in [-0.25, -0.2) is 4.79 Å². The smallest absolute Gasteiger partial charge is 0.409 e. The molecule has 0 aliphatic heterocycles. The van der Waals surface area contributed by atoms with Crippen molar-refractivity contribution in [3.05, 3.63) is 54.1 Å². The first-order chi connectivity index (χ1) is 13.2. The number of methoxy groups -OCH3 is 2. The average molecular weight is 379 g/mol. The molecule has 5 heteroatoms. The number of amides is 1. The molecule has 0 fully saturated rings. The number of benzene rings is 3. The highest BCUT2D eigenvalue weighted by Crippen LogP contribution is 2.42. The fourth-order valence-electron chi connectivity index (χ4n) is 3.33. The van der Waals surface area contributed by atoms with E-state index in [1.165, 1.54) is 0 Å². The predicted octanol–water partition coefficient (Wildman–Crippen LogP) is 5.91. The lowest BCUT2D eigenvalue weighted by atomic mass is 9.83. The van der Waals surface area contributed by atoms with Gasteiger partial charge in [0.2, 0.25) is 0 Å². The Bertz CT molecular complexity index is 1030. The summed E-state index contributed by atoms with van der Waals surface area (Å²) in [6.45, 7) is 6.23. The zero-order valence-corrected chi connectivity index (χ0v) is 16.8. The lowest BCUT2D eigenvalue weighted by Crippen LogP contribution is -2.15. The van der Waals surface area contributed by atoms with Gasteiger partial charge in [0.15, 0.2) is 0 Å². The maximum absolute atomic E-state index is 11.2. The maximum atomic E-state index is 11.2. The van der Waals surface area contributed by atoms with Gasteiger partial charge in [-0.15, -0.1) is 0 Å². The highest BCUT2D eigenvalue weighted by Gasteiger charge is 2.23. The number of carboxylic acid groups (broad SMARTS) is 1. The molecule has 0 spiro atoms. The Morgan fingerprint density at radius 2 is 1.61 bits per heavy atom. The van der Waals surface area contributed by atoms with Gasteiger partial charge >= 0.3 is 6.09 Å². The topological polar surface area (TPSA) is 67.8 Å². The molecule has 1 amide bonds. The van der Waals surface area contributed by atoms with Gasteiger partial charge in [0.05, 0.1) is 14.2 Å². The average Bonchev–Trinajstić information content (AvgIpc) is 2.65. The number of ether oxygens (including phenoxy) is 2. The van der Waals surface area contributed by atoms with Gasteiger partial charge in [-0.2, -0.15) is 0 Å². The SMILES string of the molecule is COc1ccc2cc(-c3cc(NC(=O)O)cc(C(C)(C)C)c3OC)ccc2c1. The Morgan fingerprint density at radius 1 is 0.929 bits per heavy atom. The molecule has 3 aromatic rings. The molecule has 0 saturated heterocycles. The number of fused-ring (bicyclic) bond motifs is 1. The molecule has 0 atom stereocenters.